The van der Waals surface area contributed by atoms with Crippen LogP contribution in [0, 0.1) is 0 Å². The predicted molar refractivity (Wildman–Crippen MR) is 86.0 cm³/mol. The first-order valence-electron chi connectivity index (χ1n) is 8.34. The average Bonchev–Trinajstić information content (AvgIpc) is 3.03. The van der Waals surface area contributed by atoms with Crippen molar-refractivity contribution in [3.8, 4) is 11.5 Å². The SMILES string of the molecule is CCc1nnc2n1C[C@H](NC(=O)[C@@H]1COc3ccccc3O1)CC2. The van der Waals surface area contributed by atoms with Crippen molar-refractivity contribution >= 4 is 5.91 Å². The molecule has 0 radical (unpaired) electrons. The Morgan fingerprint density at radius 3 is 3.00 bits per heavy atom. The molecule has 0 unspecified atom stereocenters. The van der Waals surface area contributed by atoms with Crippen molar-refractivity contribution in [3.05, 3.63) is 35.9 Å². The highest BCUT2D eigenvalue weighted by atomic mass is 16.6. The molecule has 1 N–H and O–H groups in total. The Labute approximate surface area is 140 Å². The number of para-hydroxylation sites is 2. The number of benzene rings is 1. The van der Waals surface area contributed by atoms with E-state index in [1.165, 1.54) is 0 Å². The molecule has 2 aromatic rings. The molecule has 2 aliphatic rings. The number of ether oxygens (including phenoxy) is 2. The molecule has 7 heteroatoms. The highest BCUT2D eigenvalue weighted by Crippen LogP contribution is 2.31. The fraction of sp³-hybridized carbons (Fsp3) is 0.471. The highest BCUT2D eigenvalue weighted by molar-refractivity contribution is 5.82. The molecule has 0 saturated heterocycles. The van der Waals surface area contributed by atoms with E-state index in [4.69, 9.17) is 9.47 Å². The Morgan fingerprint density at radius 1 is 1.33 bits per heavy atom. The molecule has 4 rings (SSSR count). The molecule has 0 spiro atoms. The number of carbonyl (C=O) groups excluding carboxylic acids is 1. The van der Waals surface area contributed by atoms with Gasteiger partial charge in [-0.15, -0.1) is 10.2 Å². The van der Waals surface area contributed by atoms with Crippen molar-refractivity contribution in [1.82, 2.24) is 20.1 Å². The molecule has 2 aliphatic heterocycles. The van der Waals surface area contributed by atoms with Gasteiger partial charge in [-0.3, -0.25) is 4.79 Å². The van der Waals surface area contributed by atoms with Crippen LogP contribution in [-0.4, -0.2) is 39.4 Å². The number of hydrogen-bond acceptors (Lipinski definition) is 5. The highest BCUT2D eigenvalue weighted by Gasteiger charge is 2.30. The Morgan fingerprint density at radius 2 is 2.17 bits per heavy atom. The second-order valence-corrected chi connectivity index (χ2v) is 6.11. The monoisotopic (exact) mass is 328 g/mol. The first kappa shape index (κ1) is 15.0. The number of amides is 1. The summed E-state index contributed by atoms with van der Waals surface area (Å²) < 4.78 is 13.5. The second kappa shape index (κ2) is 6.14. The summed E-state index contributed by atoms with van der Waals surface area (Å²) in [5.41, 5.74) is 0. The number of aromatic nitrogens is 3. The largest absolute Gasteiger partial charge is 0.485 e. The van der Waals surface area contributed by atoms with E-state index in [9.17, 15) is 4.79 Å². The van der Waals surface area contributed by atoms with Gasteiger partial charge in [-0.2, -0.15) is 0 Å². The fourth-order valence-corrected chi connectivity index (χ4v) is 3.21. The van der Waals surface area contributed by atoms with Gasteiger partial charge in [-0.1, -0.05) is 19.1 Å². The summed E-state index contributed by atoms with van der Waals surface area (Å²) in [6.45, 7) is 3.00. The van der Waals surface area contributed by atoms with Crippen LogP contribution in [0.1, 0.15) is 25.0 Å². The molecule has 1 aromatic carbocycles. The third-order valence-corrected chi connectivity index (χ3v) is 4.49. The van der Waals surface area contributed by atoms with E-state index >= 15 is 0 Å². The predicted octanol–water partition coefficient (Wildman–Crippen LogP) is 1.11. The van der Waals surface area contributed by atoms with Gasteiger partial charge in [0.15, 0.2) is 11.5 Å². The minimum Gasteiger partial charge on any atom is -0.485 e. The number of hydrogen-bond donors (Lipinski definition) is 1. The molecule has 24 heavy (non-hydrogen) atoms. The summed E-state index contributed by atoms with van der Waals surface area (Å²) in [5.74, 6) is 3.13. The van der Waals surface area contributed by atoms with Crippen LogP contribution in [-0.2, 0) is 24.2 Å². The molecular formula is C17H20N4O3. The topological polar surface area (TPSA) is 78.3 Å². The molecule has 1 aromatic heterocycles. The van der Waals surface area contributed by atoms with E-state index in [1.54, 1.807) is 0 Å². The van der Waals surface area contributed by atoms with Crippen molar-refractivity contribution in [1.29, 1.82) is 0 Å². The summed E-state index contributed by atoms with van der Waals surface area (Å²) in [5, 5.41) is 11.5. The van der Waals surface area contributed by atoms with Crippen molar-refractivity contribution in [3.63, 3.8) is 0 Å². The van der Waals surface area contributed by atoms with Crippen LogP contribution in [0.25, 0.3) is 0 Å². The molecular weight excluding hydrogens is 308 g/mol. The zero-order valence-electron chi connectivity index (χ0n) is 13.6. The number of fused-ring (bicyclic) bond motifs is 2. The second-order valence-electron chi connectivity index (χ2n) is 6.11. The molecule has 0 fully saturated rings. The lowest BCUT2D eigenvalue weighted by atomic mass is 10.1. The quantitative estimate of drug-likeness (QED) is 0.913. The number of carbonyl (C=O) groups is 1. The molecule has 3 heterocycles. The van der Waals surface area contributed by atoms with E-state index in [0.717, 1.165) is 30.9 Å². The summed E-state index contributed by atoms with van der Waals surface area (Å²) in [6, 6.07) is 7.46. The lowest BCUT2D eigenvalue weighted by Crippen LogP contribution is -2.50. The number of nitrogens with zero attached hydrogens (tertiary/aromatic N) is 3. The summed E-state index contributed by atoms with van der Waals surface area (Å²) in [4.78, 5) is 12.5. The first-order chi connectivity index (χ1) is 11.7. The van der Waals surface area contributed by atoms with Crippen LogP contribution in [0.3, 0.4) is 0 Å². The Hall–Kier alpha value is -2.57. The lowest BCUT2D eigenvalue weighted by Gasteiger charge is -2.29. The maximum Gasteiger partial charge on any atom is 0.264 e. The van der Waals surface area contributed by atoms with Gasteiger partial charge < -0.3 is 19.4 Å². The van der Waals surface area contributed by atoms with Crippen molar-refractivity contribution in [2.45, 2.75) is 44.9 Å². The van der Waals surface area contributed by atoms with Crippen LogP contribution in [0.15, 0.2) is 24.3 Å². The van der Waals surface area contributed by atoms with E-state index in [-0.39, 0.29) is 18.6 Å². The van der Waals surface area contributed by atoms with Crippen LogP contribution < -0.4 is 14.8 Å². The number of rotatable bonds is 3. The summed E-state index contributed by atoms with van der Waals surface area (Å²) in [7, 11) is 0. The molecule has 1 amide bonds. The van der Waals surface area contributed by atoms with Crippen molar-refractivity contribution in [2.24, 2.45) is 0 Å². The van der Waals surface area contributed by atoms with Crippen molar-refractivity contribution in [2.75, 3.05) is 6.61 Å². The van der Waals surface area contributed by atoms with Gasteiger partial charge in [0.05, 0.1) is 0 Å². The molecule has 126 valence electrons. The van der Waals surface area contributed by atoms with Crippen LogP contribution in [0.2, 0.25) is 0 Å². The van der Waals surface area contributed by atoms with Gasteiger partial charge in [0.25, 0.3) is 5.91 Å². The zero-order valence-corrected chi connectivity index (χ0v) is 13.6. The smallest absolute Gasteiger partial charge is 0.264 e. The van der Waals surface area contributed by atoms with Gasteiger partial charge in [-0.25, -0.2) is 0 Å². The fourth-order valence-electron chi connectivity index (χ4n) is 3.21. The van der Waals surface area contributed by atoms with Crippen molar-refractivity contribution < 1.29 is 14.3 Å². The van der Waals surface area contributed by atoms with Crippen LogP contribution in [0.5, 0.6) is 11.5 Å². The third-order valence-electron chi connectivity index (χ3n) is 4.49. The number of aryl methyl sites for hydroxylation is 2. The normalized spacial score (nSPS) is 21.9. The van der Waals surface area contributed by atoms with Gasteiger partial charge in [0.2, 0.25) is 6.10 Å². The molecule has 7 nitrogen and oxygen atoms in total. The van der Waals surface area contributed by atoms with Gasteiger partial charge in [0.1, 0.15) is 18.3 Å². The van der Waals surface area contributed by atoms with Gasteiger partial charge >= 0.3 is 0 Å². The van der Waals surface area contributed by atoms with Crippen LogP contribution in [0.4, 0.5) is 0 Å². The molecule has 2 atom stereocenters. The zero-order chi connectivity index (χ0) is 16.5. The first-order valence-corrected chi connectivity index (χ1v) is 8.34. The maximum atomic E-state index is 12.5. The minimum atomic E-state index is -0.618. The lowest BCUT2D eigenvalue weighted by molar-refractivity contribution is -0.131. The Balaban J connectivity index is 1.41. The van der Waals surface area contributed by atoms with Gasteiger partial charge in [-0.05, 0) is 18.6 Å². The standard InChI is InChI=1S/C17H20N4O3/c1-2-15-19-20-16-8-7-11(9-21(15)16)18-17(22)14-10-23-12-5-3-4-6-13(12)24-14/h3-6,11,14H,2,7-10H2,1H3,(H,18,22)/t11-,14+/m1/s1. The van der Waals surface area contributed by atoms with Crippen LogP contribution >= 0.6 is 0 Å². The maximum absolute atomic E-state index is 12.5. The van der Waals surface area contributed by atoms with E-state index in [2.05, 4.69) is 27.0 Å². The average molecular weight is 328 g/mol. The third kappa shape index (κ3) is 2.70. The van der Waals surface area contributed by atoms with E-state index in [0.29, 0.717) is 18.0 Å². The minimum absolute atomic E-state index is 0.0621. The van der Waals surface area contributed by atoms with Gasteiger partial charge in [0, 0.05) is 25.4 Å². The van der Waals surface area contributed by atoms with E-state index < -0.39 is 6.10 Å². The Kier molecular flexibility index (Phi) is 3.84. The summed E-state index contributed by atoms with van der Waals surface area (Å²) in [6.07, 6.45) is 1.90. The Bertz CT molecular complexity index is 745. The number of nitrogens with one attached hydrogen (secondary N) is 1. The van der Waals surface area contributed by atoms with E-state index in [1.807, 2.05) is 24.3 Å². The molecule has 0 bridgehead atoms. The molecule has 0 saturated carbocycles. The summed E-state index contributed by atoms with van der Waals surface area (Å²) >= 11 is 0. The molecule has 0 aliphatic carbocycles.